The lowest BCUT2D eigenvalue weighted by molar-refractivity contribution is -0.384. The topological polar surface area (TPSA) is 75.4 Å². The molecular weight excluding hydrogens is 343 g/mol. The van der Waals surface area contributed by atoms with E-state index in [-0.39, 0.29) is 11.4 Å². The van der Waals surface area contributed by atoms with E-state index in [2.05, 4.69) is 21.2 Å². The number of hydrogen-bond donors (Lipinski definition) is 2. The number of nitrogens with zero attached hydrogens (tertiary/aromatic N) is 1. The van der Waals surface area contributed by atoms with Gasteiger partial charge in [-0.15, -0.1) is 0 Å². The summed E-state index contributed by atoms with van der Waals surface area (Å²) in [4.78, 5) is 10.3. The maximum absolute atomic E-state index is 13.8. The molecule has 1 atom stereocenters. The number of anilines is 1. The maximum Gasteiger partial charge on any atom is 0.271 e. The van der Waals surface area contributed by atoms with Crippen LogP contribution in [-0.2, 0) is 0 Å². The highest BCUT2D eigenvalue weighted by atomic mass is 79.9. The molecule has 0 aliphatic carbocycles. The summed E-state index contributed by atoms with van der Waals surface area (Å²) in [6.45, 7) is 1.72. The Bertz CT molecular complexity index is 694. The molecule has 0 bridgehead atoms. The highest BCUT2D eigenvalue weighted by molar-refractivity contribution is 9.10. The largest absolute Gasteiger partial charge is 0.508 e. The Kier molecular flexibility index (Phi) is 4.42. The van der Waals surface area contributed by atoms with Crippen molar-refractivity contribution in [3.05, 3.63) is 62.4 Å². The van der Waals surface area contributed by atoms with Crippen molar-refractivity contribution in [3.8, 4) is 5.75 Å². The van der Waals surface area contributed by atoms with Crippen molar-refractivity contribution in [3.63, 3.8) is 0 Å². The number of rotatable bonds is 4. The van der Waals surface area contributed by atoms with E-state index in [0.717, 1.165) is 6.07 Å². The molecule has 0 aromatic heterocycles. The van der Waals surface area contributed by atoms with E-state index in [4.69, 9.17) is 0 Å². The summed E-state index contributed by atoms with van der Waals surface area (Å²) in [5, 5.41) is 23.0. The van der Waals surface area contributed by atoms with Gasteiger partial charge in [-0.2, -0.15) is 0 Å². The summed E-state index contributed by atoms with van der Waals surface area (Å²) in [6, 6.07) is 7.76. The smallest absolute Gasteiger partial charge is 0.271 e. The lowest BCUT2D eigenvalue weighted by Crippen LogP contribution is -2.09. The van der Waals surface area contributed by atoms with Gasteiger partial charge in [-0.05, 0) is 35.0 Å². The van der Waals surface area contributed by atoms with Crippen LogP contribution in [0, 0.1) is 15.9 Å². The molecular formula is C14H12BrFN2O3. The Hall–Kier alpha value is -2.15. The number of halogens is 2. The number of phenolic OH excluding ortho intramolecular Hbond substituents is 1. The number of phenols is 1. The first kappa shape index (κ1) is 15.2. The number of nitrogens with one attached hydrogen (secondary N) is 1. The van der Waals surface area contributed by atoms with Gasteiger partial charge in [-0.1, -0.05) is 6.07 Å². The number of non-ortho nitro benzene ring substituents is 1. The summed E-state index contributed by atoms with van der Waals surface area (Å²) in [5.41, 5.74) is 0.787. The van der Waals surface area contributed by atoms with Crippen LogP contribution in [-0.4, -0.2) is 10.0 Å². The molecule has 110 valence electrons. The summed E-state index contributed by atoms with van der Waals surface area (Å²) in [7, 11) is 0. The number of nitro groups is 1. The van der Waals surface area contributed by atoms with Crippen LogP contribution in [0.5, 0.6) is 5.75 Å². The Labute approximate surface area is 128 Å². The van der Waals surface area contributed by atoms with Crippen LogP contribution in [0.3, 0.4) is 0 Å². The molecule has 0 radical (unpaired) electrons. The van der Waals surface area contributed by atoms with Crippen LogP contribution in [0.4, 0.5) is 15.8 Å². The quantitative estimate of drug-likeness (QED) is 0.631. The number of nitro benzene ring substituents is 1. The molecule has 0 saturated heterocycles. The van der Waals surface area contributed by atoms with Crippen LogP contribution < -0.4 is 5.32 Å². The third kappa shape index (κ3) is 3.49. The fraction of sp³-hybridized carbons (Fsp3) is 0.143. The van der Waals surface area contributed by atoms with Crippen molar-refractivity contribution in [1.29, 1.82) is 0 Å². The fourth-order valence-electron chi connectivity index (χ4n) is 1.92. The highest BCUT2D eigenvalue weighted by Gasteiger charge is 2.15. The molecule has 2 N–H and O–H groups in total. The molecule has 2 rings (SSSR count). The molecule has 7 heteroatoms. The predicted molar refractivity (Wildman–Crippen MR) is 80.9 cm³/mol. The zero-order valence-corrected chi connectivity index (χ0v) is 12.6. The molecule has 0 aliphatic rings. The van der Waals surface area contributed by atoms with Crippen molar-refractivity contribution in [1.82, 2.24) is 0 Å². The molecule has 0 aliphatic heterocycles. The Morgan fingerprint density at radius 1 is 1.33 bits per heavy atom. The first-order valence-electron chi connectivity index (χ1n) is 6.07. The molecule has 0 heterocycles. The van der Waals surface area contributed by atoms with Gasteiger partial charge in [0.25, 0.3) is 5.69 Å². The van der Waals surface area contributed by atoms with Crippen LogP contribution >= 0.6 is 15.9 Å². The molecule has 0 spiro atoms. The van der Waals surface area contributed by atoms with E-state index in [1.165, 1.54) is 24.3 Å². The SMILES string of the molecule is CC(Nc1cc([N+](=O)[O-])ccc1Br)c1ccc(O)cc1F. The van der Waals surface area contributed by atoms with Crippen molar-refractivity contribution in [2.75, 3.05) is 5.32 Å². The van der Waals surface area contributed by atoms with Crippen LogP contribution in [0.2, 0.25) is 0 Å². The number of hydrogen-bond acceptors (Lipinski definition) is 4. The zero-order valence-electron chi connectivity index (χ0n) is 11.0. The minimum Gasteiger partial charge on any atom is -0.508 e. The molecule has 0 saturated carbocycles. The maximum atomic E-state index is 13.8. The molecule has 0 fully saturated rings. The highest BCUT2D eigenvalue weighted by Crippen LogP contribution is 2.31. The van der Waals surface area contributed by atoms with Crippen LogP contribution in [0.25, 0.3) is 0 Å². The van der Waals surface area contributed by atoms with Gasteiger partial charge >= 0.3 is 0 Å². The van der Waals surface area contributed by atoms with E-state index >= 15 is 0 Å². The first-order valence-corrected chi connectivity index (χ1v) is 6.86. The standard InChI is InChI=1S/C14H12BrFN2O3/c1-8(11-4-3-10(19)7-13(11)16)17-14-6-9(18(20)21)2-5-12(14)15/h2-8,17,19H,1H3. The van der Waals surface area contributed by atoms with E-state index in [0.29, 0.717) is 15.7 Å². The normalized spacial score (nSPS) is 12.0. The number of benzene rings is 2. The lowest BCUT2D eigenvalue weighted by atomic mass is 10.1. The Morgan fingerprint density at radius 3 is 2.67 bits per heavy atom. The fourth-order valence-corrected chi connectivity index (χ4v) is 2.28. The van der Waals surface area contributed by atoms with Crippen molar-refractivity contribution in [2.24, 2.45) is 0 Å². The van der Waals surface area contributed by atoms with Crippen molar-refractivity contribution in [2.45, 2.75) is 13.0 Å². The molecule has 21 heavy (non-hydrogen) atoms. The van der Waals surface area contributed by atoms with Crippen molar-refractivity contribution < 1.29 is 14.4 Å². The van der Waals surface area contributed by atoms with E-state index in [9.17, 15) is 19.6 Å². The molecule has 2 aromatic carbocycles. The lowest BCUT2D eigenvalue weighted by Gasteiger charge is -2.17. The Morgan fingerprint density at radius 2 is 2.05 bits per heavy atom. The van der Waals surface area contributed by atoms with Gasteiger partial charge in [0, 0.05) is 28.2 Å². The average Bonchev–Trinajstić information content (AvgIpc) is 2.40. The van der Waals surface area contributed by atoms with Gasteiger partial charge in [0.05, 0.1) is 16.7 Å². The third-order valence-corrected chi connectivity index (χ3v) is 3.67. The van der Waals surface area contributed by atoms with Crippen molar-refractivity contribution >= 4 is 27.3 Å². The van der Waals surface area contributed by atoms with Gasteiger partial charge in [-0.3, -0.25) is 10.1 Å². The molecule has 0 amide bonds. The summed E-state index contributed by atoms with van der Waals surface area (Å²) < 4.78 is 14.4. The second-order valence-electron chi connectivity index (χ2n) is 4.49. The molecule has 5 nitrogen and oxygen atoms in total. The van der Waals surface area contributed by atoms with Crippen LogP contribution in [0.15, 0.2) is 40.9 Å². The van der Waals surface area contributed by atoms with E-state index < -0.39 is 16.8 Å². The van der Waals surface area contributed by atoms with Gasteiger partial charge in [0.15, 0.2) is 0 Å². The predicted octanol–water partition coefficient (Wildman–Crippen LogP) is 4.38. The zero-order chi connectivity index (χ0) is 15.6. The molecule has 1 unspecified atom stereocenters. The van der Waals surface area contributed by atoms with Crippen LogP contribution in [0.1, 0.15) is 18.5 Å². The summed E-state index contributed by atoms with van der Waals surface area (Å²) in [5.74, 6) is -0.698. The van der Waals surface area contributed by atoms with Gasteiger partial charge in [0.2, 0.25) is 0 Å². The number of aromatic hydroxyl groups is 1. The summed E-state index contributed by atoms with van der Waals surface area (Å²) >= 11 is 3.29. The van der Waals surface area contributed by atoms with E-state index in [1.807, 2.05) is 0 Å². The first-order chi connectivity index (χ1) is 9.88. The van der Waals surface area contributed by atoms with Gasteiger partial charge in [0.1, 0.15) is 11.6 Å². The summed E-state index contributed by atoms with van der Waals surface area (Å²) in [6.07, 6.45) is 0. The third-order valence-electron chi connectivity index (χ3n) is 2.98. The van der Waals surface area contributed by atoms with Gasteiger partial charge in [-0.25, -0.2) is 4.39 Å². The van der Waals surface area contributed by atoms with Gasteiger partial charge < -0.3 is 10.4 Å². The monoisotopic (exact) mass is 354 g/mol. The Balaban J connectivity index is 2.28. The van der Waals surface area contributed by atoms with E-state index in [1.54, 1.807) is 13.0 Å². The second kappa shape index (κ2) is 6.09. The minimum atomic E-state index is -0.545. The molecule has 2 aromatic rings. The minimum absolute atomic E-state index is 0.0564. The second-order valence-corrected chi connectivity index (χ2v) is 5.35. The average molecular weight is 355 g/mol.